The summed E-state index contributed by atoms with van der Waals surface area (Å²) in [5.41, 5.74) is 0. The molecule has 3 heteroatoms. The van der Waals surface area contributed by atoms with Gasteiger partial charge in [0, 0.05) is 6.92 Å². The van der Waals surface area contributed by atoms with Gasteiger partial charge in [-0.1, -0.05) is 12.8 Å². The zero-order valence-electron chi connectivity index (χ0n) is 4.93. The highest BCUT2D eigenvalue weighted by Crippen LogP contribution is 1.79. The Morgan fingerprint density at radius 3 is 2.75 bits per heavy atom. The summed E-state index contributed by atoms with van der Waals surface area (Å²) >= 11 is -1.20. The van der Waals surface area contributed by atoms with Crippen LogP contribution in [0.15, 0.2) is 0 Å². The van der Waals surface area contributed by atoms with Gasteiger partial charge in [-0.15, -0.1) is 0 Å². The van der Waals surface area contributed by atoms with Gasteiger partial charge in [-0.25, -0.2) is 4.21 Å². The van der Waals surface area contributed by atoms with E-state index in [0.717, 1.165) is 0 Å². The molecule has 2 nitrogen and oxygen atoms in total. The normalized spacial score (nSPS) is 11.2. The molecule has 0 aromatic heterocycles. The number of rotatable bonds is 2. The molecule has 0 aliphatic carbocycles. The third kappa shape index (κ3) is 3.69. The van der Waals surface area contributed by atoms with Crippen LogP contribution in [0.1, 0.15) is 13.8 Å². The van der Waals surface area contributed by atoms with Crippen molar-refractivity contribution in [3.63, 3.8) is 0 Å². The smallest absolute Gasteiger partial charge is 0.215 e. The molecule has 0 radical (unpaired) electrons. The van der Waals surface area contributed by atoms with Crippen molar-refractivity contribution in [2.45, 2.75) is 13.8 Å². The fourth-order valence-electron chi connectivity index (χ4n) is 0.147. The molecule has 0 N–H and O–H groups in total. The van der Waals surface area contributed by atoms with E-state index in [0.29, 0.717) is 5.75 Å². The maximum atomic E-state index is 10.4. The molecule has 0 aromatic rings. The molecule has 0 heterocycles. The highest BCUT2D eigenvalue weighted by Gasteiger charge is 1.87. The SMILES string of the molecule is CC#COS(=O)CC. The van der Waals surface area contributed by atoms with E-state index in [9.17, 15) is 4.21 Å². The number of hydrogen-bond donors (Lipinski definition) is 0. The first-order valence-corrected chi connectivity index (χ1v) is 3.53. The van der Waals surface area contributed by atoms with Gasteiger partial charge in [-0.2, -0.15) is 0 Å². The van der Waals surface area contributed by atoms with Crippen LogP contribution in [-0.2, 0) is 15.3 Å². The van der Waals surface area contributed by atoms with Crippen molar-refractivity contribution in [2.75, 3.05) is 5.75 Å². The van der Waals surface area contributed by atoms with Crippen LogP contribution >= 0.6 is 0 Å². The highest BCUT2D eigenvalue weighted by molar-refractivity contribution is 7.80. The minimum atomic E-state index is -1.20. The first-order chi connectivity index (χ1) is 3.81. The van der Waals surface area contributed by atoms with Crippen LogP contribution in [0.25, 0.3) is 0 Å². The van der Waals surface area contributed by atoms with Gasteiger partial charge in [0.05, 0.1) is 5.75 Å². The monoisotopic (exact) mass is 132 g/mol. The lowest BCUT2D eigenvalue weighted by molar-refractivity contribution is 0.537. The van der Waals surface area contributed by atoms with E-state index in [2.05, 4.69) is 16.2 Å². The van der Waals surface area contributed by atoms with E-state index in [1.807, 2.05) is 0 Å². The summed E-state index contributed by atoms with van der Waals surface area (Å²) in [6.45, 7) is 3.40. The molecular formula is C5H8O2S. The summed E-state index contributed by atoms with van der Waals surface area (Å²) in [7, 11) is 0. The van der Waals surface area contributed by atoms with Crippen molar-refractivity contribution in [1.82, 2.24) is 0 Å². The molecule has 0 rings (SSSR count). The van der Waals surface area contributed by atoms with Crippen LogP contribution in [0, 0.1) is 12.0 Å². The molecule has 0 bridgehead atoms. The molecule has 0 saturated heterocycles. The molecule has 8 heavy (non-hydrogen) atoms. The van der Waals surface area contributed by atoms with Crippen molar-refractivity contribution in [3.05, 3.63) is 0 Å². The van der Waals surface area contributed by atoms with Crippen molar-refractivity contribution in [3.8, 4) is 12.0 Å². The van der Waals surface area contributed by atoms with E-state index in [-0.39, 0.29) is 0 Å². The predicted molar refractivity (Wildman–Crippen MR) is 33.2 cm³/mol. The molecule has 0 aliphatic rings. The standard InChI is InChI=1S/C5H8O2S/c1-3-5-7-8(6)4-2/h4H2,1-2H3. The van der Waals surface area contributed by atoms with E-state index in [1.165, 1.54) is 0 Å². The molecule has 46 valence electrons. The molecule has 0 aromatic carbocycles. The van der Waals surface area contributed by atoms with Gasteiger partial charge < -0.3 is 4.18 Å². The Balaban J connectivity index is 3.35. The Kier molecular flexibility index (Phi) is 4.38. The second kappa shape index (κ2) is 4.66. The maximum Gasteiger partial charge on any atom is 0.215 e. The van der Waals surface area contributed by atoms with Crippen LogP contribution < -0.4 is 0 Å². The third-order valence-electron chi connectivity index (χ3n) is 0.472. The highest BCUT2D eigenvalue weighted by atomic mass is 32.2. The largest absolute Gasteiger partial charge is 0.346 e. The van der Waals surface area contributed by atoms with Crippen LogP contribution in [0.3, 0.4) is 0 Å². The van der Waals surface area contributed by atoms with Crippen LogP contribution in [0.5, 0.6) is 0 Å². The minimum absolute atomic E-state index is 0.495. The van der Waals surface area contributed by atoms with E-state index < -0.39 is 11.1 Å². The fraction of sp³-hybridized carbons (Fsp3) is 0.600. The van der Waals surface area contributed by atoms with Gasteiger partial charge in [0.15, 0.2) is 0 Å². The predicted octanol–water partition coefficient (Wildman–Crippen LogP) is 0.667. The first kappa shape index (κ1) is 7.51. The van der Waals surface area contributed by atoms with Crippen LogP contribution in [0.4, 0.5) is 0 Å². The Morgan fingerprint density at radius 2 is 2.38 bits per heavy atom. The van der Waals surface area contributed by atoms with Gasteiger partial charge in [-0.05, 0) is 0 Å². The summed E-state index contributed by atoms with van der Waals surface area (Å²) < 4.78 is 14.8. The maximum absolute atomic E-state index is 10.4. The average molecular weight is 132 g/mol. The zero-order valence-corrected chi connectivity index (χ0v) is 5.75. The van der Waals surface area contributed by atoms with Gasteiger partial charge >= 0.3 is 0 Å². The molecule has 0 fully saturated rings. The lowest BCUT2D eigenvalue weighted by Crippen LogP contribution is -1.92. The summed E-state index contributed by atoms with van der Waals surface area (Å²) in [4.78, 5) is 0. The Hall–Kier alpha value is -0.490. The lowest BCUT2D eigenvalue weighted by Gasteiger charge is -1.87. The summed E-state index contributed by atoms with van der Waals surface area (Å²) in [6, 6.07) is 0. The Labute approximate surface area is 51.9 Å². The van der Waals surface area contributed by atoms with Gasteiger partial charge in [0.2, 0.25) is 11.1 Å². The van der Waals surface area contributed by atoms with Crippen LogP contribution in [-0.4, -0.2) is 9.96 Å². The van der Waals surface area contributed by atoms with E-state index >= 15 is 0 Å². The van der Waals surface area contributed by atoms with Crippen LogP contribution in [0.2, 0.25) is 0 Å². The lowest BCUT2D eigenvalue weighted by atomic mass is 10.8. The summed E-state index contributed by atoms with van der Waals surface area (Å²) in [5.74, 6) is 2.96. The molecule has 0 amide bonds. The zero-order chi connectivity index (χ0) is 6.41. The van der Waals surface area contributed by atoms with E-state index in [1.54, 1.807) is 13.8 Å². The van der Waals surface area contributed by atoms with Crippen molar-refractivity contribution in [2.24, 2.45) is 0 Å². The van der Waals surface area contributed by atoms with Crippen molar-refractivity contribution in [1.29, 1.82) is 0 Å². The molecule has 0 aliphatic heterocycles. The molecule has 0 saturated carbocycles. The molecule has 0 spiro atoms. The third-order valence-corrected chi connectivity index (χ3v) is 1.21. The topological polar surface area (TPSA) is 26.3 Å². The molecule has 1 unspecified atom stereocenters. The molecule has 1 atom stereocenters. The second-order valence-corrected chi connectivity index (χ2v) is 2.38. The second-order valence-electron chi connectivity index (χ2n) is 1.03. The first-order valence-electron chi connectivity index (χ1n) is 2.28. The summed E-state index contributed by atoms with van der Waals surface area (Å²) in [5, 5.41) is 0. The van der Waals surface area contributed by atoms with E-state index in [4.69, 9.17) is 0 Å². The fourth-order valence-corrected chi connectivity index (χ4v) is 0.441. The summed E-state index contributed by atoms with van der Waals surface area (Å²) in [6.07, 6.45) is 2.25. The quantitative estimate of drug-likeness (QED) is 0.516. The van der Waals surface area contributed by atoms with Gasteiger partial charge in [-0.3, -0.25) is 0 Å². The Bertz CT molecular complexity index is 131. The van der Waals surface area contributed by atoms with Gasteiger partial charge in [0.1, 0.15) is 6.11 Å². The van der Waals surface area contributed by atoms with Crippen molar-refractivity contribution < 1.29 is 8.39 Å². The van der Waals surface area contributed by atoms with Crippen molar-refractivity contribution >= 4 is 11.1 Å². The minimum Gasteiger partial charge on any atom is -0.346 e. The van der Waals surface area contributed by atoms with Gasteiger partial charge in [0.25, 0.3) is 0 Å². The average Bonchev–Trinajstić information content (AvgIpc) is 1.83. The Morgan fingerprint density at radius 1 is 1.75 bits per heavy atom. The number of hydrogen-bond acceptors (Lipinski definition) is 2. The molecular weight excluding hydrogens is 124 g/mol.